The van der Waals surface area contributed by atoms with Gasteiger partial charge in [0.2, 0.25) is 0 Å². The van der Waals surface area contributed by atoms with E-state index in [4.69, 9.17) is 14.2 Å². The number of carbonyl (C=O) groups excluding carboxylic acids is 2. The van der Waals surface area contributed by atoms with Gasteiger partial charge in [-0.15, -0.1) is 0 Å². The molecule has 0 aliphatic heterocycles. The molecule has 0 spiro atoms. The first-order valence-electron chi connectivity index (χ1n) is 7.83. The van der Waals surface area contributed by atoms with Crippen molar-refractivity contribution < 1.29 is 23.8 Å². The Labute approximate surface area is 127 Å². The molecule has 5 heteroatoms. The highest BCUT2D eigenvalue weighted by Crippen LogP contribution is 2.07. The quantitative estimate of drug-likeness (QED) is 0.138. The number of carbonyl (C=O) groups is 2. The van der Waals surface area contributed by atoms with E-state index in [0.29, 0.717) is 6.61 Å². The maximum Gasteiger partial charge on any atom is 0.348 e. The van der Waals surface area contributed by atoms with Crippen LogP contribution in [-0.4, -0.2) is 31.8 Å². The Morgan fingerprint density at radius 2 is 1.33 bits per heavy atom. The van der Waals surface area contributed by atoms with Crippen LogP contribution in [0.5, 0.6) is 0 Å². The molecule has 21 heavy (non-hydrogen) atoms. The molecule has 0 bridgehead atoms. The normalized spacial score (nSPS) is 9.86. The van der Waals surface area contributed by atoms with Crippen LogP contribution in [0.3, 0.4) is 0 Å². The molecule has 0 aromatic carbocycles. The second kappa shape index (κ2) is 13.5. The van der Waals surface area contributed by atoms with Gasteiger partial charge in [0.25, 0.3) is 0 Å². The Kier molecular flexibility index (Phi) is 12.5. The zero-order valence-electron chi connectivity index (χ0n) is 13.5. The van der Waals surface area contributed by atoms with E-state index in [9.17, 15) is 9.59 Å². The van der Waals surface area contributed by atoms with Crippen LogP contribution >= 0.6 is 0 Å². The highest BCUT2D eigenvalue weighted by molar-refractivity contribution is 6.13. The van der Waals surface area contributed by atoms with E-state index in [2.05, 4.69) is 6.92 Å². The molecule has 0 aromatic rings. The minimum absolute atomic E-state index is 0.190. The van der Waals surface area contributed by atoms with Gasteiger partial charge in [0.05, 0.1) is 19.8 Å². The fourth-order valence-electron chi connectivity index (χ4n) is 1.71. The molecule has 0 atom stereocenters. The van der Waals surface area contributed by atoms with Gasteiger partial charge in [0.15, 0.2) is 5.57 Å². The highest BCUT2D eigenvalue weighted by Gasteiger charge is 2.21. The molecule has 0 saturated carbocycles. The van der Waals surface area contributed by atoms with E-state index in [1.807, 2.05) is 0 Å². The molecule has 0 aliphatic rings. The summed E-state index contributed by atoms with van der Waals surface area (Å²) in [7, 11) is 0. The Balaban J connectivity index is 4.12. The molecule has 0 N–H and O–H groups in total. The summed E-state index contributed by atoms with van der Waals surface area (Å²) < 4.78 is 14.9. The molecule has 0 heterocycles. The Bertz CT molecular complexity index is 303. The zero-order valence-corrected chi connectivity index (χ0v) is 13.5. The van der Waals surface area contributed by atoms with E-state index >= 15 is 0 Å². The largest absolute Gasteiger partial charge is 0.500 e. The van der Waals surface area contributed by atoms with Crippen molar-refractivity contribution in [2.75, 3.05) is 19.8 Å². The summed E-state index contributed by atoms with van der Waals surface area (Å²) in [6, 6.07) is 0. The molecule has 0 aromatic heterocycles. The predicted molar refractivity (Wildman–Crippen MR) is 80.7 cm³/mol. The molecule has 0 fully saturated rings. The summed E-state index contributed by atoms with van der Waals surface area (Å²) >= 11 is 0. The van der Waals surface area contributed by atoms with Crippen molar-refractivity contribution in [2.45, 2.75) is 59.3 Å². The lowest BCUT2D eigenvalue weighted by atomic mass is 10.1. The standard InChI is InChI=1S/C16H28O5/c1-4-7-8-9-10-11-12-19-13-14(15(17)20-5-2)16(18)21-6-3/h13H,4-12H2,1-3H3. The maximum absolute atomic E-state index is 11.6. The lowest BCUT2D eigenvalue weighted by Gasteiger charge is -2.07. The molecule has 0 saturated heterocycles. The average Bonchev–Trinajstić information content (AvgIpc) is 2.46. The fourth-order valence-corrected chi connectivity index (χ4v) is 1.71. The van der Waals surface area contributed by atoms with Gasteiger partial charge in [0.1, 0.15) is 6.26 Å². The molecule has 0 radical (unpaired) electrons. The Hall–Kier alpha value is -1.52. The number of esters is 2. The third kappa shape index (κ3) is 9.93. The summed E-state index contributed by atoms with van der Waals surface area (Å²) in [6.07, 6.45) is 8.05. The number of unbranched alkanes of at least 4 members (excludes halogenated alkanes) is 5. The number of rotatable bonds is 12. The van der Waals surface area contributed by atoms with Gasteiger partial charge >= 0.3 is 11.9 Å². The van der Waals surface area contributed by atoms with Gasteiger partial charge in [-0.25, -0.2) is 9.59 Å². The van der Waals surface area contributed by atoms with E-state index in [1.54, 1.807) is 13.8 Å². The summed E-state index contributed by atoms with van der Waals surface area (Å²) in [5.74, 6) is -1.42. The highest BCUT2D eigenvalue weighted by atomic mass is 16.6. The fraction of sp³-hybridized carbons (Fsp3) is 0.750. The minimum atomic E-state index is -0.709. The van der Waals surface area contributed by atoms with Crippen molar-refractivity contribution in [3.05, 3.63) is 11.8 Å². The van der Waals surface area contributed by atoms with Crippen LogP contribution in [0, 0.1) is 0 Å². The van der Waals surface area contributed by atoms with Crippen molar-refractivity contribution in [2.24, 2.45) is 0 Å². The predicted octanol–water partition coefficient (Wildman–Crippen LogP) is 3.37. The summed E-state index contributed by atoms with van der Waals surface area (Å²) in [4.78, 5) is 23.3. The van der Waals surface area contributed by atoms with Crippen molar-refractivity contribution >= 4 is 11.9 Å². The second-order valence-electron chi connectivity index (χ2n) is 4.61. The second-order valence-corrected chi connectivity index (χ2v) is 4.61. The van der Waals surface area contributed by atoms with Gasteiger partial charge < -0.3 is 14.2 Å². The third-order valence-electron chi connectivity index (χ3n) is 2.81. The topological polar surface area (TPSA) is 61.8 Å². The van der Waals surface area contributed by atoms with Crippen molar-refractivity contribution in [1.29, 1.82) is 0 Å². The van der Waals surface area contributed by atoms with Crippen molar-refractivity contribution in [1.82, 2.24) is 0 Å². The van der Waals surface area contributed by atoms with Gasteiger partial charge in [-0.05, 0) is 20.3 Å². The molecule has 122 valence electrons. The Morgan fingerprint density at radius 3 is 1.86 bits per heavy atom. The van der Waals surface area contributed by atoms with Crippen LogP contribution in [0.1, 0.15) is 59.3 Å². The van der Waals surface area contributed by atoms with E-state index in [0.717, 1.165) is 19.1 Å². The van der Waals surface area contributed by atoms with E-state index < -0.39 is 11.9 Å². The van der Waals surface area contributed by atoms with Crippen LogP contribution in [-0.2, 0) is 23.8 Å². The first-order valence-corrected chi connectivity index (χ1v) is 7.83. The van der Waals surface area contributed by atoms with Crippen LogP contribution < -0.4 is 0 Å². The van der Waals surface area contributed by atoms with Crippen LogP contribution in [0.15, 0.2) is 11.8 Å². The number of hydrogen-bond acceptors (Lipinski definition) is 5. The van der Waals surface area contributed by atoms with Crippen molar-refractivity contribution in [3.8, 4) is 0 Å². The number of ether oxygens (including phenoxy) is 3. The smallest absolute Gasteiger partial charge is 0.348 e. The molecule has 0 unspecified atom stereocenters. The van der Waals surface area contributed by atoms with Gasteiger partial charge in [-0.2, -0.15) is 0 Å². The molecule has 0 rings (SSSR count). The first-order chi connectivity index (χ1) is 10.2. The lowest BCUT2D eigenvalue weighted by Crippen LogP contribution is -2.18. The van der Waals surface area contributed by atoms with Crippen molar-refractivity contribution in [3.63, 3.8) is 0 Å². The van der Waals surface area contributed by atoms with Gasteiger partial charge in [0, 0.05) is 0 Å². The number of hydrogen-bond donors (Lipinski definition) is 0. The zero-order chi connectivity index (χ0) is 15.9. The first kappa shape index (κ1) is 19.5. The van der Waals surface area contributed by atoms with Crippen LogP contribution in [0.2, 0.25) is 0 Å². The molecular formula is C16H28O5. The van der Waals surface area contributed by atoms with Crippen LogP contribution in [0.4, 0.5) is 0 Å². The van der Waals surface area contributed by atoms with E-state index in [-0.39, 0.29) is 18.8 Å². The van der Waals surface area contributed by atoms with Crippen LogP contribution in [0.25, 0.3) is 0 Å². The monoisotopic (exact) mass is 300 g/mol. The minimum Gasteiger partial charge on any atom is -0.500 e. The average molecular weight is 300 g/mol. The van der Waals surface area contributed by atoms with Gasteiger partial charge in [-0.1, -0.05) is 39.0 Å². The Morgan fingerprint density at radius 1 is 0.810 bits per heavy atom. The summed E-state index contributed by atoms with van der Waals surface area (Å²) in [5, 5.41) is 0. The molecule has 5 nitrogen and oxygen atoms in total. The summed E-state index contributed by atoms with van der Waals surface area (Å²) in [6.45, 7) is 6.42. The van der Waals surface area contributed by atoms with Gasteiger partial charge in [-0.3, -0.25) is 0 Å². The lowest BCUT2D eigenvalue weighted by molar-refractivity contribution is -0.146. The molecular weight excluding hydrogens is 272 g/mol. The third-order valence-corrected chi connectivity index (χ3v) is 2.81. The molecule has 0 aliphatic carbocycles. The molecule has 0 amide bonds. The maximum atomic E-state index is 11.6. The SMILES string of the molecule is CCCCCCCCOC=C(C(=O)OCC)C(=O)OCC. The van der Waals surface area contributed by atoms with E-state index in [1.165, 1.54) is 25.7 Å². The summed E-state index contributed by atoms with van der Waals surface area (Å²) in [5.41, 5.74) is -0.190.